The van der Waals surface area contributed by atoms with Crippen LogP contribution in [-0.2, 0) is 13.0 Å². The van der Waals surface area contributed by atoms with E-state index in [0.717, 1.165) is 58.9 Å². The van der Waals surface area contributed by atoms with E-state index in [1.807, 2.05) is 30.3 Å². The fourth-order valence-electron chi connectivity index (χ4n) is 3.75. The van der Waals surface area contributed by atoms with Crippen LogP contribution in [0.15, 0.2) is 59.3 Å². The average molecular weight is 419 g/mol. The number of rotatable bonds is 7. The molecule has 0 amide bonds. The van der Waals surface area contributed by atoms with Gasteiger partial charge in [-0.15, -0.1) is 0 Å². The maximum Gasteiger partial charge on any atom is 0.231 e. The fraction of sp³-hybridized carbons (Fsp3) is 0.208. The summed E-state index contributed by atoms with van der Waals surface area (Å²) in [7, 11) is 1.71. The second kappa shape index (κ2) is 8.34. The van der Waals surface area contributed by atoms with Gasteiger partial charge in [0.25, 0.3) is 0 Å². The van der Waals surface area contributed by atoms with Gasteiger partial charge in [0.1, 0.15) is 5.75 Å². The van der Waals surface area contributed by atoms with Crippen molar-refractivity contribution < 1.29 is 14.2 Å². The summed E-state index contributed by atoms with van der Waals surface area (Å²) < 4.78 is 16.5. The van der Waals surface area contributed by atoms with Crippen molar-refractivity contribution in [1.29, 1.82) is 0 Å². The Balaban J connectivity index is 1.39. The lowest BCUT2D eigenvalue weighted by molar-refractivity contribution is 0.174. The topological polar surface area (TPSA) is 52.6 Å². The first-order chi connectivity index (χ1) is 14.8. The number of pyridine rings is 1. The van der Waals surface area contributed by atoms with Crippen molar-refractivity contribution >= 4 is 22.2 Å². The molecule has 1 aliphatic rings. The molecule has 1 N–H and O–H groups in total. The number of thiophene rings is 1. The zero-order valence-corrected chi connectivity index (χ0v) is 17.5. The molecule has 0 saturated heterocycles. The quantitative estimate of drug-likeness (QED) is 0.427. The molecule has 5 nitrogen and oxygen atoms in total. The first kappa shape index (κ1) is 18.9. The Labute approximate surface area is 179 Å². The Morgan fingerprint density at radius 2 is 1.93 bits per heavy atom. The number of nitrogens with zero attached hydrogens (tertiary/aromatic N) is 1. The van der Waals surface area contributed by atoms with Crippen LogP contribution in [0.2, 0.25) is 0 Å². The van der Waals surface area contributed by atoms with E-state index in [9.17, 15) is 0 Å². The van der Waals surface area contributed by atoms with E-state index in [1.165, 1.54) is 11.1 Å². The molecule has 0 bridgehead atoms. The largest absolute Gasteiger partial charge is 0.496 e. The molecule has 0 radical (unpaired) electrons. The summed E-state index contributed by atoms with van der Waals surface area (Å²) in [6, 6.07) is 16.4. The molecule has 1 aliphatic heterocycles. The van der Waals surface area contributed by atoms with Crippen LogP contribution in [0.25, 0.3) is 22.2 Å². The summed E-state index contributed by atoms with van der Waals surface area (Å²) in [5.41, 5.74) is 5.43. The van der Waals surface area contributed by atoms with Crippen molar-refractivity contribution in [3.05, 3.63) is 70.4 Å². The van der Waals surface area contributed by atoms with Crippen LogP contribution in [-0.4, -0.2) is 25.4 Å². The van der Waals surface area contributed by atoms with Gasteiger partial charge in [0, 0.05) is 28.9 Å². The van der Waals surface area contributed by atoms with Crippen LogP contribution in [0.5, 0.6) is 17.2 Å². The molecule has 3 heterocycles. The monoisotopic (exact) mass is 418 g/mol. The molecule has 0 saturated carbocycles. The minimum absolute atomic E-state index is 0.264. The van der Waals surface area contributed by atoms with E-state index in [2.05, 4.69) is 34.3 Å². The zero-order chi connectivity index (χ0) is 20.3. The van der Waals surface area contributed by atoms with E-state index in [4.69, 9.17) is 19.2 Å². The van der Waals surface area contributed by atoms with Gasteiger partial charge in [-0.1, -0.05) is 18.2 Å². The Morgan fingerprint density at radius 1 is 1.07 bits per heavy atom. The fourth-order valence-corrected chi connectivity index (χ4v) is 4.39. The number of hydrogen-bond donors (Lipinski definition) is 1. The first-order valence-electron chi connectivity index (χ1n) is 9.90. The molecule has 6 heteroatoms. The molecule has 152 valence electrons. The zero-order valence-electron chi connectivity index (χ0n) is 16.7. The highest BCUT2D eigenvalue weighted by atomic mass is 32.1. The Kier molecular flexibility index (Phi) is 5.26. The lowest BCUT2D eigenvalue weighted by Crippen LogP contribution is -2.17. The molecule has 4 aromatic rings. The van der Waals surface area contributed by atoms with Crippen molar-refractivity contribution in [3.8, 4) is 28.5 Å². The number of ether oxygens (including phenoxy) is 3. The van der Waals surface area contributed by atoms with E-state index >= 15 is 0 Å². The summed E-state index contributed by atoms with van der Waals surface area (Å²) in [5, 5.41) is 8.85. The lowest BCUT2D eigenvalue weighted by Gasteiger charge is -2.13. The molecule has 0 unspecified atom stereocenters. The summed E-state index contributed by atoms with van der Waals surface area (Å²) >= 11 is 1.68. The standard InChI is InChI=1S/C24H22N2O3S/c1-27-21-5-3-2-4-16(21)6-8-25-13-19-10-18-11-22-23(29-15-28-22)12-20(18)26-24(19)17-7-9-30-14-17/h2-5,7,9-12,14,25H,6,8,13,15H2,1H3. The number of aromatic nitrogens is 1. The Hall–Kier alpha value is -3.09. The van der Waals surface area contributed by atoms with Gasteiger partial charge >= 0.3 is 0 Å². The highest BCUT2D eigenvalue weighted by Gasteiger charge is 2.17. The first-order valence-corrected chi connectivity index (χ1v) is 10.8. The summed E-state index contributed by atoms with van der Waals surface area (Å²) in [6.07, 6.45) is 0.900. The van der Waals surface area contributed by atoms with Crippen LogP contribution < -0.4 is 19.5 Å². The predicted molar refractivity (Wildman–Crippen MR) is 120 cm³/mol. The lowest BCUT2D eigenvalue weighted by atomic mass is 10.0. The number of benzene rings is 2. The van der Waals surface area contributed by atoms with Crippen molar-refractivity contribution in [2.75, 3.05) is 20.4 Å². The molecular weight excluding hydrogens is 396 g/mol. The van der Waals surface area contributed by atoms with Crippen molar-refractivity contribution in [2.45, 2.75) is 13.0 Å². The molecule has 0 atom stereocenters. The number of methoxy groups -OCH3 is 1. The van der Waals surface area contributed by atoms with Gasteiger partial charge in [0.2, 0.25) is 6.79 Å². The van der Waals surface area contributed by atoms with Crippen LogP contribution in [0, 0.1) is 0 Å². The van der Waals surface area contributed by atoms with Gasteiger partial charge < -0.3 is 19.5 Å². The molecule has 0 aliphatic carbocycles. The number of fused-ring (bicyclic) bond motifs is 2. The third-order valence-electron chi connectivity index (χ3n) is 5.26. The molecule has 2 aromatic heterocycles. The van der Waals surface area contributed by atoms with Crippen molar-refractivity contribution in [3.63, 3.8) is 0 Å². The Bertz CT molecular complexity index is 1170. The van der Waals surface area contributed by atoms with Gasteiger partial charge in [-0.3, -0.25) is 0 Å². The van der Waals surface area contributed by atoms with E-state index in [0.29, 0.717) is 0 Å². The van der Waals surface area contributed by atoms with Crippen molar-refractivity contribution in [1.82, 2.24) is 10.3 Å². The molecule has 0 spiro atoms. The van der Waals surface area contributed by atoms with Crippen LogP contribution in [0.1, 0.15) is 11.1 Å². The highest BCUT2D eigenvalue weighted by Crippen LogP contribution is 2.37. The summed E-state index contributed by atoms with van der Waals surface area (Å²) in [4.78, 5) is 4.97. The maximum atomic E-state index is 5.54. The highest BCUT2D eigenvalue weighted by molar-refractivity contribution is 7.08. The van der Waals surface area contributed by atoms with Gasteiger partial charge in [-0.05, 0) is 53.7 Å². The van der Waals surface area contributed by atoms with Crippen LogP contribution >= 0.6 is 11.3 Å². The number of para-hydroxylation sites is 1. The van der Waals surface area contributed by atoms with Crippen LogP contribution in [0.3, 0.4) is 0 Å². The number of hydrogen-bond acceptors (Lipinski definition) is 6. The third-order valence-corrected chi connectivity index (χ3v) is 5.94. The van der Waals surface area contributed by atoms with E-state index in [1.54, 1.807) is 18.4 Å². The normalized spacial score (nSPS) is 12.4. The minimum Gasteiger partial charge on any atom is -0.496 e. The minimum atomic E-state index is 0.264. The third kappa shape index (κ3) is 3.72. The summed E-state index contributed by atoms with van der Waals surface area (Å²) in [5.74, 6) is 2.47. The molecule has 2 aromatic carbocycles. The van der Waals surface area contributed by atoms with Crippen molar-refractivity contribution in [2.24, 2.45) is 0 Å². The average Bonchev–Trinajstić information content (AvgIpc) is 3.46. The molecular formula is C24H22N2O3S. The van der Waals surface area contributed by atoms with Gasteiger partial charge in [-0.25, -0.2) is 4.98 Å². The van der Waals surface area contributed by atoms with E-state index < -0.39 is 0 Å². The Morgan fingerprint density at radius 3 is 2.77 bits per heavy atom. The second-order valence-corrected chi connectivity index (χ2v) is 7.92. The van der Waals surface area contributed by atoms with Crippen LogP contribution in [0.4, 0.5) is 0 Å². The van der Waals surface area contributed by atoms with Gasteiger partial charge in [0.15, 0.2) is 11.5 Å². The maximum absolute atomic E-state index is 5.54. The SMILES string of the molecule is COc1ccccc1CCNCc1cc2cc3c(cc2nc1-c1ccsc1)OCO3. The molecule has 0 fully saturated rings. The second-order valence-electron chi connectivity index (χ2n) is 7.14. The molecule has 30 heavy (non-hydrogen) atoms. The smallest absolute Gasteiger partial charge is 0.231 e. The summed E-state index contributed by atoms with van der Waals surface area (Å²) in [6.45, 7) is 1.85. The van der Waals surface area contributed by atoms with Gasteiger partial charge in [0.05, 0.1) is 18.3 Å². The predicted octanol–water partition coefficient (Wildman–Crippen LogP) is 5.03. The molecule has 5 rings (SSSR count). The van der Waals surface area contributed by atoms with E-state index in [-0.39, 0.29) is 6.79 Å². The number of nitrogens with one attached hydrogen (secondary N) is 1. The van der Waals surface area contributed by atoms with Gasteiger partial charge in [-0.2, -0.15) is 11.3 Å².